The number of benzene rings is 1. The average molecular weight is 352 g/mol. The number of hydrogen-bond donors (Lipinski definition) is 2. The first-order chi connectivity index (χ1) is 11.2. The zero-order valence-corrected chi connectivity index (χ0v) is 14.9. The Morgan fingerprint density at radius 3 is 2.75 bits per heavy atom. The number of fused-ring (bicyclic) bond motifs is 2. The van der Waals surface area contributed by atoms with Crippen molar-refractivity contribution >= 4 is 24.2 Å². The summed E-state index contributed by atoms with van der Waals surface area (Å²) in [6.07, 6.45) is 4.07. The minimum absolute atomic E-state index is 0. The Bertz CT molecular complexity index is 579. The Labute approximate surface area is 149 Å². The van der Waals surface area contributed by atoms with Crippen molar-refractivity contribution in [2.24, 2.45) is 0 Å². The summed E-state index contributed by atoms with van der Waals surface area (Å²) >= 11 is 0. The van der Waals surface area contributed by atoms with Gasteiger partial charge < -0.3 is 15.5 Å². The molecule has 5 nitrogen and oxygen atoms in total. The van der Waals surface area contributed by atoms with Gasteiger partial charge in [-0.15, -0.1) is 12.4 Å². The van der Waals surface area contributed by atoms with Crippen LogP contribution in [0.25, 0.3) is 0 Å². The highest BCUT2D eigenvalue weighted by molar-refractivity contribution is 6.00. The average Bonchev–Trinajstić information content (AvgIpc) is 2.84. The fourth-order valence-corrected chi connectivity index (χ4v) is 3.60. The van der Waals surface area contributed by atoms with Crippen molar-refractivity contribution in [1.82, 2.24) is 15.5 Å². The molecule has 2 bridgehead atoms. The lowest BCUT2D eigenvalue weighted by molar-refractivity contribution is 0.0680. The van der Waals surface area contributed by atoms with Crippen LogP contribution in [0.15, 0.2) is 24.3 Å². The van der Waals surface area contributed by atoms with Gasteiger partial charge in [0.15, 0.2) is 0 Å². The van der Waals surface area contributed by atoms with Crippen molar-refractivity contribution in [2.75, 3.05) is 19.6 Å². The molecule has 2 fully saturated rings. The molecule has 2 aliphatic rings. The Hall–Kier alpha value is -1.59. The minimum atomic E-state index is -0.109. The molecule has 24 heavy (non-hydrogen) atoms. The van der Waals surface area contributed by atoms with Gasteiger partial charge in [0.05, 0.1) is 0 Å². The van der Waals surface area contributed by atoms with E-state index < -0.39 is 0 Å². The van der Waals surface area contributed by atoms with Crippen LogP contribution >= 0.6 is 12.4 Å². The molecule has 132 valence electrons. The third-order valence-corrected chi connectivity index (χ3v) is 4.80. The summed E-state index contributed by atoms with van der Waals surface area (Å²) in [6, 6.07) is 7.72. The molecule has 1 aromatic rings. The van der Waals surface area contributed by atoms with Crippen LogP contribution in [0.4, 0.5) is 0 Å². The van der Waals surface area contributed by atoms with E-state index in [2.05, 4.69) is 10.6 Å². The standard InChI is InChI=1S/C18H25N3O2.ClH/c1-2-9-20-17(22)13-4-3-5-14(11-13)18(23)21-15-6-7-16(21)12-19-10-8-15;/h3-5,11,15-16,19H,2,6-10,12H2,1H3,(H,20,22);1H. The normalized spacial score (nSPS) is 22.5. The first-order valence-corrected chi connectivity index (χ1v) is 8.62. The Morgan fingerprint density at radius 2 is 1.96 bits per heavy atom. The van der Waals surface area contributed by atoms with Crippen molar-refractivity contribution in [3.05, 3.63) is 35.4 Å². The lowest BCUT2D eigenvalue weighted by Crippen LogP contribution is -2.42. The molecule has 2 amide bonds. The predicted molar refractivity (Wildman–Crippen MR) is 96.8 cm³/mol. The Kier molecular flexibility index (Phi) is 6.63. The first kappa shape index (κ1) is 18.7. The van der Waals surface area contributed by atoms with Crippen LogP contribution in [0.2, 0.25) is 0 Å². The van der Waals surface area contributed by atoms with Crippen molar-refractivity contribution < 1.29 is 9.59 Å². The second-order valence-corrected chi connectivity index (χ2v) is 6.43. The molecule has 2 unspecified atom stereocenters. The van der Waals surface area contributed by atoms with Crippen LogP contribution < -0.4 is 10.6 Å². The molecule has 2 aliphatic heterocycles. The van der Waals surface area contributed by atoms with E-state index >= 15 is 0 Å². The molecule has 1 aromatic carbocycles. The highest BCUT2D eigenvalue weighted by Crippen LogP contribution is 2.29. The monoisotopic (exact) mass is 351 g/mol. The maximum Gasteiger partial charge on any atom is 0.254 e. The molecule has 0 aliphatic carbocycles. The second kappa shape index (κ2) is 8.49. The van der Waals surface area contributed by atoms with E-state index in [4.69, 9.17) is 0 Å². The number of rotatable bonds is 4. The molecule has 0 spiro atoms. The van der Waals surface area contributed by atoms with Gasteiger partial charge in [-0.3, -0.25) is 9.59 Å². The van der Waals surface area contributed by atoms with E-state index in [0.717, 1.165) is 38.8 Å². The van der Waals surface area contributed by atoms with E-state index in [1.807, 2.05) is 17.9 Å². The Balaban J connectivity index is 0.00000208. The molecule has 0 radical (unpaired) electrons. The predicted octanol–water partition coefficient (Wildman–Crippen LogP) is 2.21. The maximum atomic E-state index is 13.0. The van der Waals surface area contributed by atoms with Gasteiger partial charge in [-0.25, -0.2) is 0 Å². The van der Waals surface area contributed by atoms with E-state index in [1.165, 1.54) is 0 Å². The van der Waals surface area contributed by atoms with Gasteiger partial charge in [0.25, 0.3) is 11.8 Å². The number of amides is 2. The third kappa shape index (κ3) is 3.90. The molecule has 2 N–H and O–H groups in total. The number of halogens is 1. The lowest BCUT2D eigenvalue weighted by Gasteiger charge is -2.28. The topological polar surface area (TPSA) is 61.4 Å². The summed E-state index contributed by atoms with van der Waals surface area (Å²) in [6.45, 7) is 4.52. The van der Waals surface area contributed by atoms with Crippen molar-refractivity contribution in [3.63, 3.8) is 0 Å². The number of hydrogen-bond acceptors (Lipinski definition) is 3. The van der Waals surface area contributed by atoms with Crippen molar-refractivity contribution in [1.29, 1.82) is 0 Å². The van der Waals surface area contributed by atoms with Gasteiger partial charge >= 0.3 is 0 Å². The zero-order valence-electron chi connectivity index (χ0n) is 14.1. The van der Waals surface area contributed by atoms with Gasteiger partial charge in [-0.05, 0) is 50.4 Å². The third-order valence-electron chi connectivity index (χ3n) is 4.80. The van der Waals surface area contributed by atoms with Crippen LogP contribution in [-0.4, -0.2) is 48.4 Å². The van der Waals surface area contributed by atoms with E-state index in [9.17, 15) is 9.59 Å². The van der Waals surface area contributed by atoms with Crippen LogP contribution in [0, 0.1) is 0 Å². The highest BCUT2D eigenvalue weighted by Gasteiger charge is 2.38. The van der Waals surface area contributed by atoms with Gasteiger partial charge in [0, 0.05) is 36.3 Å². The highest BCUT2D eigenvalue weighted by atomic mass is 35.5. The zero-order chi connectivity index (χ0) is 16.2. The SMILES string of the molecule is CCCNC(=O)c1cccc(C(=O)N2C3CCNCC2CC3)c1.Cl. The van der Waals surface area contributed by atoms with Crippen molar-refractivity contribution in [3.8, 4) is 0 Å². The number of nitrogens with zero attached hydrogens (tertiary/aromatic N) is 1. The van der Waals surface area contributed by atoms with E-state index in [1.54, 1.807) is 18.2 Å². The van der Waals surface area contributed by atoms with E-state index in [-0.39, 0.29) is 30.3 Å². The quantitative estimate of drug-likeness (QED) is 0.874. The largest absolute Gasteiger partial charge is 0.352 e. The number of carbonyl (C=O) groups excluding carboxylic acids is 2. The molecule has 0 saturated carbocycles. The number of carbonyl (C=O) groups is 2. The fraction of sp³-hybridized carbons (Fsp3) is 0.556. The van der Waals surface area contributed by atoms with Gasteiger partial charge in [-0.2, -0.15) is 0 Å². The van der Waals surface area contributed by atoms with E-state index in [0.29, 0.717) is 23.7 Å². The second-order valence-electron chi connectivity index (χ2n) is 6.43. The summed E-state index contributed by atoms with van der Waals surface area (Å²) in [7, 11) is 0. The van der Waals surface area contributed by atoms with Gasteiger partial charge in [0.1, 0.15) is 0 Å². The Morgan fingerprint density at radius 1 is 1.21 bits per heavy atom. The lowest BCUT2D eigenvalue weighted by atomic mass is 10.1. The molecule has 2 saturated heterocycles. The van der Waals surface area contributed by atoms with Crippen LogP contribution in [-0.2, 0) is 0 Å². The molecule has 2 heterocycles. The molecular weight excluding hydrogens is 326 g/mol. The molecule has 3 rings (SSSR count). The number of nitrogens with one attached hydrogen (secondary N) is 2. The van der Waals surface area contributed by atoms with Crippen LogP contribution in [0.5, 0.6) is 0 Å². The summed E-state index contributed by atoms with van der Waals surface area (Å²) in [5, 5.41) is 6.27. The van der Waals surface area contributed by atoms with Crippen LogP contribution in [0.3, 0.4) is 0 Å². The maximum absolute atomic E-state index is 13.0. The van der Waals surface area contributed by atoms with Crippen molar-refractivity contribution in [2.45, 2.75) is 44.7 Å². The van der Waals surface area contributed by atoms with Gasteiger partial charge in [-0.1, -0.05) is 13.0 Å². The molecular formula is C18H26ClN3O2. The summed E-state index contributed by atoms with van der Waals surface area (Å²) < 4.78 is 0. The molecule has 0 aromatic heterocycles. The fourth-order valence-electron chi connectivity index (χ4n) is 3.60. The molecule has 2 atom stereocenters. The van der Waals surface area contributed by atoms with Gasteiger partial charge in [0.2, 0.25) is 0 Å². The first-order valence-electron chi connectivity index (χ1n) is 8.62. The molecule has 6 heteroatoms. The minimum Gasteiger partial charge on any atom is -0.352 e. The summed E-state index contributed by atoms with van der Waals surface area (Å²) in [4.78, 5) is 27.1. The smallest absolute Gasteiger partial charge is 0.254 e. The van der Waals surface area contributed by atoms with Crippen LogP contribution in [0.1, 0.15) is 53.3 Å². The summed E-state index contributed by atoms with van der Waals surface area (Å²) in [5.74, 6) is -0.0478. The summed E-state index contributed by atoms with van der Waals surface area (Å²) in [5.41, 5.74) is 1.18.